The molecule has 7 nitrogen and oxygen atoms in total. The zero-order valence-corrected chi connectivity index (χ0v) is 19.4. The largest absolute Gasteiger partial charge is 0.493 e. The van der Waals surface area contributed by atoms with Gasteiger partial charge in [0.25, 0.3) is 0 Å². The summed E-state index contributed by atoms with van der Waals surface area (Å²) in [6, 6.07) is 16.0. The number of rotatable bonds is 6. The molecule has 0 fully saturated rings. The maximum Gasteiger partial charge on any atom is 0.344 e. The average Bonchev–Trinajstić information content (AvgIpc) is 2.79. The van der Waals surface area contributed by atoms with Gasteiger partial charge < -0.3 is 18.1 Å². The number of ether oxygens (including phenoxy) is 2. The van der Waals surface area contributed by atoms with Crippen molar-refractivity contribution < 1.29 is 26.5 Å². The Morgan fingerprint density at radius 3 is 2.18 bits per heavy atom. The monoisotopic (exact) mass is 466 g/mol. The van der Waals surface area contributed by atoms with E-state index >= 15 is 0 Å². The molecule has 0 amide bonds. The Balaban J connectivity index is 1.80. The van der Waals surface area contributed by atoms with E-state index in [9.17, 15) is 13.2 Å². The van der Waals surface area contributed by atoms with E-state index in [1.54, 1.807) is 43.3 Å². The van der Waals surface area contributed by atoms with Gasteiger partial charge in [0.15, 0.2) is 11.5 Å². The summed E-state index contributed by atoms with van der Waals surface area (Å²) in [5.74, 6) is 1.11. The predicted molar refractivity (Wildman–Crippen MR) is 125 cm³/mol. The summed E-state index contributed by atoms with van der Waals surface area (Å²) in [5.41, 5.74) is 2.27. The lowest BCUT2D eigenvalue weighted by molar-refractivity contribution is 0.355. The summed E-state index contributed by atoms with van der Waals surface area (Å²) in [6.45, 7) is 3.64. The van der Waals surface area contributed by atoms with Gasteiger partial charge in [-0.3, -0.25) is 0 Å². The van der Waals surface area contributed by atoms with Gasteiger partial charge in [-0.1, -0.05) is 23.8 Å². The number of methoxy groups -OCH3 is 2. The van der Waals surface area contributed by atoms with E-state index in [0.29, 0.717) is 39.2 Å². The van der Waals surface area contributed by atoms with Crippen LogP contribution in [-0.4, -0.2) is 22.6 Å². The number of fused-ring (bicyclic) bond motifs is 1. The third-order valence-corrected chi connectivity index (χ3v) is 6.59. The maximum atomic E-state index is 12.8. The van der Waals surface area contributed by atoms with Crippen LogP contribution < -0.4 is 19.3 Å². The second-order valence-electron chi connectivity index (χ2n) is 7.47. The zero-order valence-electron chi connectivity index (χ0n) is 18.5. The van der Waals surface area contributed by atoms with Crippen molar-refractivity contribution in [1.82, 2.24) is 0 Å². The molecule has 0 saturated heterocycles. The third kappa shape index (κ3) is 4.29. The summed E-state index contributed by atoms with van der Waals surface area (Å²) in [6.07, 6.45) is 0. The minimum absolute atomic E-state index is 0.0514. The molecule has 8 heteroatoms. The van der Waals surface area contributed by atoms with Gasteiger partial charge in [-0.15, -0.1) is 0 Å². The normalized spacial score (nSPS) is 11.4. The van der Waals surface area contributed by atoms with Crippen LogP contribution in [0.2, 0.25) is 0 Å². The van der Waals surface area contributed by atoms with Crippen LogP contribution >= 0.6 is 0 Å². The Morgan fingerprint density at radius 1 is 0.818 bits per heavy atom. The number of hydrogen-bond acceptors (Lipinski definition) is 7. The van der Waals surface area contributed by atoms with Crippen molar-refractivity contribution in [2.45, 2.75) is 18.7 Å². The fraction of sp³-hybridized carbons (Fsp3) is 0.160. The fourth-order valence-electron chi connectivity index (χ4n) is 3.59. The molecule has 0 bridgehead atoms. The van der Waals surface area contributed by atoms with Gasteiger partial charge in [0.2, 0.25) is 0 Å². The first kappa shape index (κ1) is 22.4. The van der Waals surface area contributed by atoms with Crippen molar-refractivity contribution in [3.05, 3.63) is 82.2 Å². The van der Waals surface area contributed by atoms with Crippen LogP contribution in [0.25, 0.3) is 22.1 Å². The van der Waals surface area contributed by atoms with E-state index in [4.69, 9.17) is 18.1 Å². The fourth-order valence-corrected chi connectivity index (χ4v) is 4.51. The van der Waals surface area contributed by atoms with E-state index in [1.165, 1.54) is 38.5 Å². The Bertz CT molecular complexity index is 1500. The minimum Gasteiger partial charge on any atom is -0.493 e. The molecule has 4 rings (SSSR count). The molecule has 0 radical (unpaired) electrons. The average molecular weight is 467 g/mol. The molecule has 3 aromatic carbocycles. The molecule has 0 atom stereocenters. The lowest BCUT2D eigenvalue weighted by atomic mass is 9.99. The van der Waals surface area contributed by atoms with Crippen LogP contribution in [0.5, 0.6) is 17.2 Å². The topological polar surface area (TPSA) is 92.0 Å². The standard InChI is InChI=1S/C25H22O7S/c1-15-5-9-19(10-6-15)33(27,28)32-18-8-12-21-20(14-18)16(2)24(25(26)31-21)17-7-11-22(29-3)23(13-17)30-4/h5-14H,1-4H3. The summed E-state index contributed by atoms with van der Waals surface area (Å²) in [7, 11) is -0.985. The third-order valence-electron chi connectivity index (χ3n) is 5.32. The van der Waals surface area contributed by atoms with Crippen LogP contribution in [0.15, 0.2) is 74.8 Å². The predicted octanol–water partition coefficient (Wildman–Crippen LogP) is 4.86. The van der Waals surface area contributed by atoms with Gasteiger partial charge in [-0.2, -0.15) is 8.42 Å². The Labute approximate surface area is 191 Å². The molecule has 170 valence electrons. The highest BCUT2D eigenvalue weighted by atomic mass is 32.2. The molecule has 0 aliphatic carbocycles. The van der Waals surface area contributed by atoms with Gasteiger partial charge in [-0.25, -0.2) is 4.79 Å². The van der Waals surface area contributed by atoms with Gasteiger partial charge in [0, 0.05) is 5.39 Å². The van der Waals surface area contributed by atoms with Gasteiger partial charge >= 0.3 is 15.7 Å². The van der Waals surface area contributed by atoms with E-state index in [-0.39, 0.29) is 10.6 Å². The van der Waals surface area contributed by atoms with E-state index in [0.717, 1.165) is 5.56 Å². The molecular weight excluding hydrogens is 444 g/mol. The molecule has 0 saturated carbocycles. The summed E-state index contributed by atoms with van der Waals surface area (Å²) in [4.78, 5) is 12.8. The molecule has 1 aromatic heterocycles. The number of benzene rings is 3. The van der Waals surface area contributed by atoms with Crippen molar-refractivity contribution >= 4 is 21.1 Å². The van der Waals surface area contributed by atoms with Crippen molar-refractivity contribution in [2.75, 3.05) is 14.2 Å². The lowest BCUT2D eigenvalue weighted by Crippen LogP contribution is -2.10. The van der Waals surface area contributed by atoms with Gasteiger partial charge in [0.05, 0.1) is 19.8 Å². The van der Waals surface area contributed by atoms with Crippen molar-refractivity contribution in [3.8, 4) is 28.4 Å². The first-order valence-electron chi connectivity index (χ1n) is 10.0. The first-order chi connectivity index (χ1) is 15.7. The van der Waals surface area contributed by atoms with Crippen molar-refractivity contribution in [3.63, 3.8) is 0 Å². The van der Waals surface area contributed by atoms with Crippen LogP contribution in [0.4, 0.5) is 0 Å². The molecule has 33 heavy (non-hydrogen) atoms. The molecule has 4 aromatic rings. The minimum atomic E-state index is -4.02. The molecule has 0 aliphatic heterocycles. The molecule has 1 heterocycles. The van der Waals surface area contributed by atoms with Crippen molar-refractivity contribution in [1.29, 1.82) is 0 Å². The molecular formula is C25H22O7S. The summed E-state index contributed by atoms with van der Waals surface area (Å²) in [5, 5.41) is 0.552. The second kappa shape index (κ2) is 8.63. The second-order valence-corrected chi connectivity index (χ2v) is 9.01. The van der Waals surface area contributed by atoms with Crippen LogP contribution in [-0.2, 0) is 10.1 Å². The summed E-state index contributed by atoms with van der Waals surface area (Å²) < 4.78 is 46.8. The maximum absolute atomic E-state index is 12.8. The molecule has 0 N–H and O–H groups in total. The smallest absolute Gasteiger partial charge is 0.344 e. The zero-order chi connectivity index (χ0) is 23.8. The highest BCUT2D eigenvalue weighted by Gasteiger charge is 2.19. The highest BCUT2D eigenvalue weighted by Crippen LogP contribution is 2.35. The Kier molecular flexibility index (Phi) is 5.86. The molecule has 0 aliphatic rings. The molecule has 0 spiro atoms. The van der Waals surface area contributed by atoms with E-state index in [2.05, 4.69) is 0 Å². The van der Waals surface area contributed by atoms with E-state index in [1.807, 2.05) is 6.92 Å². The van der Waals surface area contributed by atoms with Crippen LogP contribution in [0.3, 0.4) is 0 Å². The SMILES string of the molecule is COc1ccc(-c2c(C)c3cc(OS(=O)(=O)c4ccc(C)cc4)ccc3oc2=O)cc1OC. The summed E-state index contributed by atoms with van der Waals surface area (Å²) >= 11 is 0. The number of aryl methyl sites for hydroxylation is 2. The number of hydrogen-bond donors (Lipinski definition) is 0. The van der Waals surface area contributed by atoms with Gasteiger partial charge in [-0.05, 0) is 67.4 Å². The van der Waals surface area contributed by atoms with Crippen LogP contribution in [0.1, 0.15) is 11.1 Å². The first-order valence-corrected chi connectivity index (χ1v) is 11.5. The van der Waals surface area contributed by atoms with E-state index < -0.39 is 15.7 Å². The Hall–Kier alpha value is -3.78. The Morgan fingerprint density at radius 2 is 1.52 bits per heavy atom. The van der Waals surface area contributed by atoms with Crippen molar-refractivity contribution in [2.24, 2.45) is 0 Å². The quantitative estimate of drug-likeness (QED) is 0.296. The lowest BCUT2D eigenvalue weighted by Gasteiger charge is -2.12. The van der Waals surface area contributed by atoms with Crippen LogP contribution in [0, 0.1) is 13.8 Å². The van der Waals surface area contributed by atoms with Gasteiger partial charge in [0.1, 0.15) is 16.2 Å². The molecule has 0 unspecified atom stereocenters. The highest BCUT2D eigenvalue weighted by molar-refractivity contribution is 7.87.